The Balaban J connectivity index is 1.87. The number of aryl methyl sites for hydroxylation is 1. The monoisotopic (exact) mass is 426 g/mol. The molecule has 1 saturated carbocycles. The summed E-state index contributed by atoms with van der Waals surface area (Å²) in [6, 6.07) is 2.25. The van der Waals surface area contributed by atoms with Gasteiger partial charge in [-0.1, -0.05) is 26.3 Å². The van der Waals surface area contributed by atoms with Gasteiger partial charge in [0.05, 0.1) is 30.2 Å². The Labute approximate surface area is 183 Å². The molecule has 3 heterocycles. The first-order valence-electron chi connectivity index (χ1n) is 11.2. The molecule has 0 spiro atoms. The van der Waals surface area contributed by atoms with E-state index >= 15 is 0 Å². The summed E-state index contributed by atoms with van der Waals surface area (Å²) in [4.78, 5) is 15.8. The van der Waals surface area contributed by atoms with Crippen LogP contribution in [0.2, 0.25) is 0 Å². The highest BCUT2D eigenvalue weighted by Gasteiger charge is 2.28. The first-order valence-corrected chi connectivity index (χ1v) is 11.2. The van der Waals surface area contributed by atoms with E-state index in [1.807, 2.05) is 29.5 Å². The first kappa shape index (κ1) is 21.5. The molecule has 8 heteroatoms. The van der Waals surface area contributed by atoms with Crippen LogP contribution < -0.4 is 21.5 Å². The van der Waals surface area contributed by atoms with Crippen molar-refractivity contribution < 1.29 is 4.74 Å². The molecule has 31 heavy (non-hydrogen) atoms. The Morgan fingerprint density at radius 1 is 1.29 bits per heavy atom. The first-order chi connectivity index (χ1) is 14.9. The van der Waals surface area contributed by atoms with Gasteiger partial charge < -0.3 is 25.3 Å². The Morgan fingerprint density at radius 3 is 2.65 bits per heavy atom. The summed E-state index contributed by atoms with van der Waals surface area (Å²) in [5, 5.41) is 8.01. The zero-order chi connectivity index (χ0) is 22.1. The summed E-state index contributed by atoms with van der Waals surface area (Å²) in [5.74, 6) is 1.48. The van der Waals surface area contributed by atoms with E-state index in [4.69, 9.17) is 15.6 Å². The number of morpholine rings is 1. The largest absolute Gasteiger partial charge is 0.398 e. The molecule has 1 saturated heterocycles. The van der Waals surface area contributed by atoms with Gasteiger partial charge in [0.25, 0.3) is 5.56 Å². The van der Waals surface area contributed by atoms with Gasteiger partial charge in [0.2, 0.25) is 0 Å². The Hall–Kier alpha value is -2.74. The number of rotatable bonds is 5. The van der Waals surface area contributed by atoms with Gasteiger partial charge in [0.15, 0.2) is 0 Å². The number of anilines is 2. The van der Waals surface area contributed by atoms with Crippen molar-refractivity contribution in [2.45, 2.75) is 38.6 Å². The van der Waals surface area contributed by atoms with Crippen LogP contribution in [0.4, 0.5) is 11.5 Å². The van der Waals surface area contributed by atoms with Crippen LogP contribution in [0.5, 0.6) is 0 Å². The molecule has 4 rings (SSSR count). The van der Waals surface area contributed by atoms with Gasteiger partial charge in [-0.3, -0.25) is 9.48 Å². The maximum Gasteiger partial charge on any atom is 0.262 e. The van der Waals surface area contributed by atoms with E-state index in [2.05, 4.69) is 29.8 Å². The topological polar surface area (TPSA) is 90.3 Å². The standard InChI is InChI=1S/C23H34N6O2/c1-15-7-5-6-8-19(15)29-14-17(22(25-3)21(16(2)24)23(29)30)18-13-20(27(4)26-18)28-9-11-31-12-10-28/h13-15,19,25H,2,5-12,24H2,1,3-4H3. The van der Waals surface area contributed by atoms with Gasteiger partial charge in [0.1, 0.15) is 5.82 Å². The Bertz CT molecular complexity index is 1020. The summed E-state index contributed by atoms with van der Waals surface area (Å²) in [7, 11) is 3.76. The summed E-state index contributed by atoms with van der Waals surface area (Å²) in [6.45, 7) is 9.23. The third kappa shape index (κ3) is 3.96. The van der Waals surface area contributed by atoms with Gasteiger partial charge in [0, 0.05) is 56.8 Å². The fourth-order valence-electron chi connectivity index (χ4n) is 5.02. The van der Waals surface area contributed by atoms with Crippen LogP contribution in [0.3, 0.4) is 0 Å². The number of aromatic nitrogens is 3. The summed E-state index contributed by atoms with van der Waals surface area (Å²) < 4.78 is 9.28. The van der Waals surface area contributed by atoms with Crippen LogP contribution in [-0.4, -0.2) is 47.7 Å². The van der Waals surface area contributed by atoms with Gasteiger partial charge >= 0.3 is 0 Å². The highest BCUT2D eigenvalue weighted by atomic mass is 16.5. The lowest BCUT2D eigenvalue weighted by Gasteiger charge is -2.31. The third-order valence-corrected chi connectivity index (χ3v) is 6.70. The van der Waals surface area contributed by atoms with Crippen molar-refractivity contribution in [2.24, 2.45) is 18.7 Å². The van der Waals surface area contributed by atoms with Crippen molar-refractivity contribution in [3.05, 3.63) is 34.8 Å². The molecule has 2 aromatic rings. The molecule has 2 atom stereocenters. The van der Waals surface area contributed by atoms with Crippen LogP contribution in [0.25, 0.3) is 17.0 Å². The van der Waals surface area contributed by atoms with Crippen LogP contribution in [0, 0.1) is 5.92 Å². The Kier molecular flexibility index (Phi) is 6.09. The zero-order valence-corrected chi connectivity index (χ0v) is 18.9. The van der Waals surface area contributed by atoms with Crippen LogP contribution in [-0.2, 0) is 11.8 Å². The van der Waals surface area contributed by atoms with E-state index in [0.717, 1.165) is 49.4 Å². The van der Waals surface area contributed by atoms with Crippen molar-refractivity contribution in [1.82, 2.24) is 14.3 Å². The fraction of sp³-hybridized carbons (Fsp3) is 0.565. The highest BCUT2D eigenvalue weighted by molar-refractivity contribution is 5.85. The quantitative estimate of drug-likeness (QED) is 0.764. The second-order valence-corrected chi connectivity index (χ2v) is 8.72. The third-order valence-electron chi connectivity index (χ3n) is 6.70. The lowest BCUT2D eigenvalue weighted by molar-refractivity contribution is 0.122. The number of nitrogens with zero attached hydrogens (tertiary/aromatic N) is 4. The van der Waals surface area contributed by atoms with Crippen molar-refractivity contribution in [2.75, 3.05) is 43.6 Å². The predicted molar refractivity (Wildman–Crippen MR) is 125 cm³/mol. The second-order valence-electron chi connectivity index (χ2n) is 8.72. The average Bonchev–Trinajstić information content (AvgIpc) is 3.15. The summed E-state index contributed by atoms with van der Waals surface area (Å²) in [6.07, 6.45) is 6.45. The lowest BCUT2D eigenvalue weighted by atomic mass is 9.85. The number of hydrogen-bond donors (Lipinski definition) is 2. The molecule has 2 aromatic heterocycles. The Morgan fingerprint density at radius 2 is 2.00 bits per heavy atom. The number of hydrogen-bond acceptors (Lipinski definition) is 6. The molecule has 0 aromatic carbocycles. The van der Waals surface area contributed by atoms with Crippen molar-refractivity contribution >= 4 is 17.2 Å². The minimum absolute atomic E-state index is 0.0799. The van der Waals surface area contributed by atoms with E-state index in [1.165, 1.54) is 6.42 Å². The molecule has 1 aliphatic carbocycles. The van der Waals surface area contributed by atoms with Crippen molar-refractivity contribution in [1.29, 1.82) is 0 Å². The zero-order valence-electron chi connectivity index (χ0n) is 18.9. The number of pyridine rings is 1. The van der Waals surface area contributed by atoms with Gasteiger partial charge in [-0.05, 0) is 18.8 Å². The molecule has 0 bridgehead atoms. The molecule has 2 unspecified atom stereocenters. The molecule has 2 aliphatic rings. The number of ether oxygens (including phenoxy) is 1. The van der Waals surface area contributed by atoms with E-state index in [9.17, 15) is 4.79 Å². The van der Waals surface area contributed by atoms with E-state index < -0.39 is 0 Å². The molecule has 1 aliphatic heterocycles. The van der Waals surface area contributed by atoms with Gasteiger partial charge in [-0.25, -0.2) is 0 Å². The van der Waals surface area contributed by atoms with E-state index in [1.54, 1.807) is 0 Å². The van der Waals surface area contributed by atoms with Crippen LogP contribution >= 0.6 is 0 Å². The smallest absolute Gasteiger partial charge is 0.262 e. The minimum Gasteiger partial charge on any atom is -0.398 e. The van der Waals surface area contributed by atoms with E-state index in [0.29, 0.717) is 30.4 Å². The van der Waals surface area contributed by atoms with E-state index in [-0.39, 0.29) is 17.3 Å². The fourth-order valence-corrected chi connectivity index (χ4v) is 5.02. The molecule has 0 radical (unpaired) electrons. The number of nitrogens with one attached hydrogen (secondary N) is 1. The molecule has 8 nitrogen and oxygen atoms in total. The maximum atomic E-state index is 13.5. The summed E-state index contributed by atoms with van der Waals surface area (Å²) in [5.41, 5.74) is 9.13. The maximum absolute atomic E-state index is 13.5. The molecule has 0 amide bonds. The molecule has 2 fully saturated rings. The normalized spacial score (nSPS) is 21.8. The van der Waals surface area contributed by atoms with Crippen LogP contribution in [0.1, 0.15) is 44.2 Å². The van der Waals surface area contributed by atoms with Gasteiger partial charge in [-0.2, -0.15) is 5.10 Å². The van der Waals surface area contributed by atoms with Gasteiger partial charge in [-0.15, -0.1) is 0 Å². The van der Waals surface area contributed by atoms with Crippen molar-refractivity contribution in [3.8, 4) is 11.3 Å². The lowest BCUT2D eigenvalue weighted by Crippen LogP contribution is -2.37. The SMILES string of the molecule is C=C(N)c1c(NC)c(-c2cc(N3CCOCC3)n(C)n2)cn(C2CCCCC2C)c1=O. The molecule has 168 valence electrons. The molecular weight excluding hydrogens is 392 g/mol. The molecular formula is C23H34N6O2. The average molecular weight is 427 g/mol. The van der Waals surface area contributed by atoms with Crippen molar-refractivity contribution in [3.63, 3.8) is 0 Å². The predicted octanol–water partition coefficient (Wildman–Crippen LogP) is 2.81. The number of nitrogens with two attached hydrogens (primary N) is 1. The highest BCUT2D eigenvalue weighted by Crippen LogP contribution is 2.37. The molecule has 3 N–H and O–H groups in total. The van der Waals surface area contributed by atoms with Crippen LogP contribution in [0.15, 0.2) is 23.6 Å². The second kappa shape index (κ2) is 8.78. The minimum atomic E-state index is -0.0799. The summed E-state index contributed by atoms with van der Waals surface area (Å²) >= 11 is 0.